The number of carbonyl (C=O) groups is 1. The Hall–Kier alpha value is -3.49. The summed E-state index contributed by atoms with van der Waals surface area (Å²) in [4.78, 5) is 12.6. The third-order valence-corrected chi connectivity index (χ3v) is 3.85. The van der Waals surface area contributed by atoms with E-state index in [4.69, 9.17) is 4.74 Å². The third-order valence-electron chi connectivity index (χ3n) is 3.85. The van der Waals surface area contributed by atoms with Crippen molar-refractivity contribution in [1.82, 2.24) is 20.2 Å². The monoisotopic (exact) mass is 388 g/mol. The van der Waals surface area contributed by atoms with Gasteiger partial charge in [0, 0.05) is 5.56 Å². The van der Waals surface area contributed by atoms with Gasteiger partial charge >= 0.3 is 12.1 Å². The third kappa shape index (κ3) is 4.43. The lowest BCUT2D eigenvalue weighted by molar-refractivity contribution is -0.143. The van der Waals surface area contributed by atoms with E-state index in [1.54, 1.807) is 31.2 Å². The lowest BCUT2D eigenvalue weighted by Crippen LogP contribution is -2.16. The van der Waals surface area contributed by atoms with Crippen LogP contribution in [0.4, 0.5) is 13.2 Å². The molecule has 0 aliphatic carbocycles. The number of hydrogen-bond acceptors (Lipinski definition) is 5. The van der Waals surface area contributed by atoms with E-state index in [0.717, 1.165) is 6.07 Å². The maximum Gasteiger partial charge on any atom is 0.416 e. The molecule has 1 aromatic heterocycles. The van der Waals surface area contributed by atoms with E-state index in [2.05, 4.69) is 15.5 Å². The van der Waals surface area contributed by atoms with E-state index >= 15 is 0 Å². The molecule has 2 aromatic carbocycles. The van der Waals surface area contributed by atoms with Gasteiger partial charge in [-0.05, 0) is 35.1 Å². The molecule has 0 bridgehead atoms. The van der Waals surface area contributed by atoms with Crippen LogP contribution in [0, 0.1) is 6.92 Å². The molecule has 3 rings (SSSR count). The second-order valence-electron chi connectivity index (χ2n) is 5.81. The molecule has 0 radical (unpaired) electrons. The number of esters is 1. The van der Waals surface area contributed by atoms with Gasteiger partial charge in [0.25, 0.3) is 0 Å². The van der Waals surface area contributed by atoms with Gasteiger partial charge < -0.3 is 4.74 Å². The standard InChI is InChI=1S/C19H15F3N4O2/c1-13-23-24-25-26(13)17(11-14-7-3-2-4-8-14)18(27)28-12-15-9-5-6-10-16(15)19(20,21)22/h2-11H,12H2,1H3/b17-11-. The molecule has 0 aliphatic rings. The van der Waals surface area contributed by atoms with Crippen LogP contribution < -0.4 is 0 Å². The minimum absolute atomic E-state index is 0.0156. The van der Waals surface area contributed by atoms with Crippen LogP contribution in [0.15, 0.2) is 54.6 Å². The van der Waals surface area contributed by atoms with Gasteiger partial charge in [-0.25, -0.2) is 4.79 Å². The Morgan fingerprint density at radius 2 is 1.79 bits per heavy atom. The molecule has 3 aromatic rings. The lowest BCUT2D eigenvalue weighted by atomic mass is 10.1. The number of hydrogen-bond donors (Lipinski definition) is 0. The molecule has 0 saturated heterocycles. The summed E-state index contributed by atoms with van der Waals surface area (Å²) in [7, 11) is 0. The Morgan fingerprint density at radius 1 is 1.11 bits per heavy atom. The van der Waals surface area contributed by atoms with Crippen molar-refractivity contribution in [2.75, 3.05) is 0 Å². The van der Waals surface area contributed by atoms with Crippen LogP contribution in [-0.4, -0.2) is 26.2 Å². The lowest BCUT2D eigenvalue weighted by Gasteiger charge is -2.13. The van der Waals surface area contributed by atoms with E-state index in [9.17, 15) is 18.0 Å². The Bertz CT molecular complexity index is 998. The van der Waals surface area contributed by atoms with Gasteiger partial charge in [-0.2, -0.15) is 17.9 Å². The average molecular weight is 388 g/mol. The number of ether oxygens (including phenoxy) is 1. The highest BCUT2D eigenvalue weighted by atomic mass is 19.4. The normalized spacial score (nSPS) is 12.1. The zero-order valence-electron chi connectivity index (χ0n) is 14.7. The molecule has 0 atom stereocenters. The first-order chi connectivity index (χ1) is 13.4. The number of carbonyl (C=O) groups excluding carboxylic acids is 1. The number of tetrazole rings is 1. The van der Waals surface area contributed by atoms with Crippen molar-refractivity contribution < 1.29 is 22.7 Å². The van der Waals surface area contributed by atoms with E-state index in [0.29, 0.717) is 11.4 Å². The van der Waals surface area contributed by atoms with Crippen molar-refractivity contribution in [2.24, 2.45) is 0 Å². The molecule has 0 saturated carbocycles. The smallest absolute Gasteiger partial charge is 0.416 e. The summed E-state index contributed by atoms with van der Waals surface area (Å²) in [6.07, 6.45) is -3.04. The Labute approximate surface area is 158 Å². The van der Waals surface area contributed by atoms with Crippen LogP contribution in [0.2, 0.25) is 0 Å². The van der Waals surface area contributed by atoms with Crippen LogP contribution in [0.5, 0.6) is 0 Å². The maximum absolute atomic E-state index is 13.1. The zero-order chi connectivity index (χ0) is 20.1. The minimum Gasteiger partial charge on any atom is -0.456 e. The van der Waals surface area contributed by atoms with Crippen molar-refractivity contribution in [3.05, 3.63) is 77.1 Å². The van der Waals surface area contributed by atoms with Crippen LogP contribution in [0.3, 0.4) is 0 Å². The molecular formula is C19H15F3N4O2. The first-order valence-corrected chi connectivity index (χ1v) is 8.20. The highest BCUT2D eigenvalue weighted by Crippen LogP contribution is 2.32. The molecule has 28 heavy (non-hydrogen) atoms. The summed E-state index contributed by atoms with van der Waals surface area (Å²) in [5.74, 6) is -0.522. The largest absolute Gasteiger partial charge is 0.456 e. The molecule has 0 amide bonds. The second kappa shape index (κ2) is 8.03. The van der Waals surface area contributed by atoms with E-state index in [1.165, 1.54) is 29.0 Å². The molecule has 9 heteroatoms. The quantitative estimate of drug-likeness (QED) is 0.492. The summed E-state index contributed by atoms with van der Waals surface area (Å²) in [6, 6.07) is 13.8. The number of halogens is 3. The molecule has 6 nitrogen and oxygen atoms in total. The fraction of sp³-hybridized carbons (Fsp3) is 0.158. The van der Waals surface area contributed by atoms with Crippen LogP contribution in [0.1, 0.15) is 22.5 Å². The van der Waals surface area contributed by atoms with Gasteiger partial charge in [-0.15, -0.1) is 5.10 Å². The molecule has 0 aliphatic heterocycles. The summed E-state index contributed by atoms with van der Waals surface area (Å²) in [6.45, 7) is 1.05. The fourth-order valence-corrected chi connectivity index (χ4v) is 2.51. The number of aryl methyl sites for hydroxylation is 1. The van der Waals surface area contributed by atoms with Gasteiger partial charge in [-0.1, -0.05) is 48.5 Å². The van der Waals surface area contributed by atoms with E-state index < -0.39 is 24.3 Å². The number of benzene rings is 2. The Kier molecular flexibility index (Phi) is 5.53. The predicted molar refractivity (Wildman–Crippen MR) is 94.4 cm³/mol. The highest BCUT2D eigenvalue weighted by molar-refractivity contribution is 6.15. The van der Waals surface area contributed by atoms with Crippen molar-refractivity contribution in [3.63, 3.8) is 0 Å². The number of alkyl halides is 3. The molecular weight excluding hydrogens is 373 g/mol. The van der Waals surface area contributed by atoms with Gasteiger partial charge in [0.05, 0.1) is 5.56 Å². The zero-order valence-corrected chi connectivity index (χ0v) is 14.7. The van der Waals surface area contributed by atoms with Crippen LogP contribution >= 0.6 is 0 Å². The summed E-state index contributed by atoms with van der Waals surface area (Å²) < 4.78 is 45.7. The Balaban J connectivity index is 1.88. The number of rotatable bonds is 5. The van der Waals surface area contributed by atoms with Gasteiger partial charge in [0.2, 0.25) is 0 Å². The molecule has 1 heterocycles. The summed E-state index contributed by atoms with van der Waals surface area (Å²) in [5, 5.41) is 11.0. The van der Waals surface area contributed by atoms with Gasteiger partial charge in [0.1, 0.15) is 6.61 Å². The molecule has 0 unspecified atom stereocenters. The molecule has 144 valence electrons. The fourth-order valence-electron chi connectivity index (χ4n) is 2.51. The van der Waals surface area contributed by atoms with Crippen LogP contribution in [-0.2, 0) is 22.3 Å². The number of aromatic nitrogens is 4. The van der Waals surface area contributed by atoms with Crippen molar-refractivity contribution >= 4 is 17.7 Å². The predicted octanol–water partition coefficient (Wildman–Crippen LogP) is 3.74. The minimum atomic E-state index is -4.54. The molecule has 0 N–H and O–H groups in total. The van der Waals surface area contributed by atoms with Gasteiger partial charge in [0.15, 0.2) is 11.5 Å². The average Bonchev–Trinajstić information content (AvgIpc) is 3.10. The maximum atomic E-state index is 13.1. The topological polar surface area (TPSA) is 69.9 Å². The Morgan fingerprint density at radius 3 is 2.43 bits per heavy atom. The second-order valence-corrected chi connectivity index (χ2v) is 5.81. The first-order valence-electron chi connectivity index (χ1n) is 8.20. The molecule has 0 fully saturated rings. The van der Waals surface area contributed by atoms with Crippen LogP contribution in [0.25, 0.3) is 11.8 Å². The van der Waals surface area contributed by atoms with Crippen molar-refractivity contribution in [3.8, 4) is 0 Å². The number of nitrogens with zero attached hydrogens (tertiary/aromatic N) is 4. The summed E-state index contributed by atoms with van der Waals surface area (Å²) >= 11 is 0. The SMILES string of the molecule is Cc1nnnn1/C(=C\c1ccccc1)C(=O)OCc1ccccc1C(F)(F)F. The van der Waals surface area contributed by atoms with Gasteiger partial charge in [-0.3, -0.25) is 0 Å². The summed E-state index contributed by atoms with van der Waals surface area (Å²) in [5.41, 5.74) is -0.330. The molecule has 0 spiro atoms. The first kappa shape index (κ1) is 19.3. The highest BCUT2D eigenvalue weighted by Gasteiger charge is 2.33. The van der Waals surface area contributed by atoms with E-state index in [-0.39, 0.29) is 11.3 Å². The van der Waals surface area contributed by atoms with E-state index in [1.807, 2.05) is 6.07 Å². The van der Waals surface area contributed by atoms with Crippen molar-refractivity contribution in [1.29, 1.82) is 0 Å². The van der Waals surface area contributed by atoms with Crippen molar-refractivity contribution in [2.45, 2.75) is 19.7 Å².